The molecule has 1 aromatic rings. The van der Waals surface area contributed by atoms with Crippen LogP contribution >= 0.6 is 0 Å². The highest BCUT2D eigenvalue weighted by Gasteiger charge is 2.15. The number of nitrogen functional groups attached to an aromatic ring is 1. The number of piperidine rings is 1. The zero-order valence-electron chi connectivity index (χ0n) is 11.6. The Morgan fingerprint density at radius 1 is 1.32 bits per heavy atom. The Hall–Kier alpha value is -1.71. The molecule has 104 valence electrons. The van der Waals surface area contributed by atoms with Gasteiger partial charge in [-0.3, -0.25) is 4.79 Å². The molecule has 3 N–H and O–H groups in total. The van der Waals surface area contributed by atoms with Gasteiger partial charge in [0.15, 0.2) is 0 Å². The van der Waals surface area contributed by atoms with Crippen LogP contribution in [0.15, 0.2) is 18.2 Å². The molecule has 0 spiro atoms. The van der Waals surface area contributed by atoms with E-state index >= 15 is 0 Å². The van der Waals surface area contributed by atoms with Gasteiger partial charge in [0.1, 0.15) is 0 Å². The van der Waals surface area contributed by atoms with Crippen molar-refractivity contribution in [1.82, 2.24) is 4.90 Å². The number of rotatable bonds is 4. The normalized spacial score (nSPS) is 15.3. The van der Waals surface area contributed by atoms with Gasteiger partial charge >= 0.3 is 0 Å². The summed E-state index contributed by atoms with van der Waals surface area (Å²) >= 11 is 0. The van der Waals surface area contributed by atoms with Crippen LogP contribution in [-0.2, 0) is 4.79 Å². The van der Waals surface area contributed by atoms with E-state index in [0.29, 0.717) is 13.0 Å². The van der Waals surface area contributed by atoms with Gasteiger partial charge in [0.2, 0.25) is 5.91 Å². The first kappa shape index (κ1) is 13.7. The van der Waals surface area contributed by atoms with Gasteiger partial charge in [-0.2, -0.15) is 0 Å². The summed E-state index contributed by atoms with van der Waals surface area (Å²) in [4.78, 5) is 14.0. The van der Waals surface area contributed by atoms with Crippen LogP contribution < -0.4 is 11.1 Å². The van der Waals surface area contributed by atoms with Crippen LogP contribution in [0.2, 0.25) is 0 Å². The van der Waals surface area contributed by atoms with Gasteiger partial charge in [-0.15, -0.1) is 0 Å². The molecule has 1 heterocycles. The number of aryl methyl sites for hydroxylation is 1. The second kappa shape index (κ2) is 6.45. The number of nitrogens with two attached hydrogens (primary N) is 1. The molecule has 0 bridgehead atoms. The van der Waals surface area contributed by atoms with E-state index in [-0.39, 0.29) is 5.91 Å². The lowest BCUT2D eigenvalue weighted by Crippen LogP contribution is -2.36. The van der Waals surface area contributed by atoms with Crippen molar-refractivity contribution in [2.45, 2.75) is 32.6 Å². The van der Waals surface area contributed by atoms with Crippen molar-refractivity contribution in [1.29, 1.82) is 0 Å². The molecule has 1 aromatic carbocycles. The second-order valence-electron chi connectivity index (χ2n) is 5.21. The SMILES string of the molecule is Cc1ccc(N)c(NCCC(=O)N2CCCCC2)c1. The van der Waals surface area contributed by atoms with Crippen LogP contribution in [0.3, 0.4) is 0 Å². The number of anilines is 2. The highest BCUT2D eigenvalue weighted by atomic mass is 16.2. The number of likely N-dealkylation sites (tertiary alicyclic amines) is 1. The van der Waals surface area contributed by atoms with E-state index in [4.69, 9.17) is 5.73 Å². The topological polar surface area (TPSA) is 58.4 Å². The standard InChI is InChI=1S/C15H23N3O/c1-12-5-6-13(16)14(11-12)17-8-7-15(19)18-9-3-2-4-10-18/h5-6,11,17H,2-4,7-10,16H2,1H3. The fourth-order valence-corrected chi connectivity index (χ4v) is 2.43. The summed E-state index contributed by atoms with van der Waals surface area (Å²) in [6, 6.07) is 5.89. The van der Waals surface area contributed by atoms with E-state index in [1.54, 1.807) is 0 Å². The minimum absolute atomic E-state index is 0.249. The highest BCUT2D eigenvalue weighted by molar-refractivity contribution is 5.77. The molecule has 0 saturated carbocycles. The summed E-state index contributed by atoms with van der Waals surface area (Å²) < 4.78 is 0. The zero-order valence-corrected chi connectivity index (χ0v) is 11.6. The average Bonchev–Trinajstić information content (AvgIpc) is 2.43. The lowest BCUT2D eigenvalue weighted by molar-refractivity contribution is -0.131. The van der Waals surface area contributed by atoms with Crippen LogP contribution in [0.25, 0.3) is 0 Å². The third kappa shape index (κ3) is 3.88. The van der Waals surface area contributed by atoms with E-state index in [9.17, 15) is 4.79 Å². The molecule has 1 fully saturated rings. The van der Waals surface area contributed by atoms with Crippen molar-refractivity contribution in [2.24, 2.45) is 0 Å². The number of hydrogen-bond donors (Lipinski definition) is 2. The Kier molecular flexibility index (Phi) is 4.66. The van der Waals surface area contributed by atoms with Gasteiger partial charge in [0.25, 0.3) is 0 Å². The van der Waals surface area contributed by atoms with Gasteiger partial charge in [0, 0.05) is 26.1 Å². The highest BCUT2D eigenvalue weighted by Crippen LogP contribution is 2.19. The van der Waals surface area contributed by atoms with Crippen molar-refractivity contribution in [3.63, 3.8) is 0 Å². The van der Waals surface area contributed by atoms with Crippen LogP contribution in [-0.4, -0.2) is 30.4 Å². The van der Waals surface area contributed by atoms with Crippen molar-refractivity contribution >= 4 is 17.3 Å². The van der Waals surface area contributed by atoms with Gasteiger partial charge in [0.05, 0.1) is 11.4 Å². The lowest BCUT2D eigenvalue weighted by atomic mass is 10.1. The third-order valence-electron chi connectivity index (χ3n) is 3.57. The van der Waals surface area contributed by atoms with Crippen molar-refractivity contribution < 1.29 is 4.79 Å². The minimum Gasteiger partial charge on any atom is -0.397 e. The molecule has 1 aliphatic rings. The Labute approximate surface area is 115 Å². The summed E-state index contributed by atoms with van der Waals surface area (Å²) in [6.45, 7) is 4.52. The van der Waals surface area contributed by atoms with E-state index < -0.39 is 0 Å². The van der Waals surface area contributed by atoms with E-state index in [1.807, 2.05) is 30.0 Å². The molecule has 0 radical (unpaired) electrons. The summed E-state index contributed by atoms with van der Waals surface area (Å²) in [5.41, 5.74) is 8.71. The zero-order chi connectivity index (χ0) is 13.7. The van der Waals surface area contributed by atoms with Gasteiger partial charge in [-0.25, -0.2) is 0 Å². The average molecular weight is 261 g/mol. The minimum atomic E-state index is 0.249. The number of nitrogens with zero attached hydrogens (tertiary/aromatic N) is 1. The molecule has 1 saturated heterocycles. The smallest absolute Gasteiger partial charge is 0.224 e. The number of nitrogens with one attached hydrogen (secondary N) is 1. The quantitative estimate of drug-likeness (QED) is 0.818. The largest absolute Gasteiger partial charge is 0.397 e. The first-order valence-corrected chi connectivity index (χ1v) is 7.04. The number of carbonyl (C=O) groups excluding carboxylic acids is 1. The second-order valence-corrected chi connectivity index (χ2v) is 5.21. The van der Waals surface area contributed by atoms with Gasteiger partial charge in [-0.1, -0.05) is 6.07 Å². The maximum absolute atomic E-state index is 12.0. The van der Waals surface area contributed by atoms with E-state index in [2.05, 4.69) is 5.32 Å². The van der Waals surface area contributed by atoms with Crippen LogP contribution in [0.1, 0.15) is 31.2 Å². The molecule has 2 rings (SSSR count). The first-order chi connectivity index (χ1) is 9.16. The molecule has 1 aliphatic heterocycles. The maximum atomic E-state index is 12.0. The Morgan fingerprint density at radius 2 is 2.05 bits per heavy atom. The summed E-state index contributed by atoms with van der Waals surface area (Å²) in [5, 5.41) is 3.25. The Morgan fingerprint density at radius 3 is 2.79 bits per heavy atom. The molecule has 4 nitrogen and oxygen atoms in total. The monoisotopic (exact) mass is 261 g/mol. The van der Waals surface area contributed by atoms with Crippen molar-refractivity contribution in [3.8, 4) is 0 Å². The maximum Gasteiger partial charge on any atom is 0.224 e. The molecule has 0 unspecified atom stereocenters. The van der Waals surface area contributed by atoms with Crippen LogP contribution in [0.5, 0.6) is 0 Å². The molecule has 0 aromatic heterocycles. The Bertz CT molecular complexity index is 439. The van der Waals surface area contributed by atoms with Gasteiger partial charge < -0.3 is 16.0 Å². The molecule has 0 atom stereocenters. The number of amides is 1. The summed E-state index contributed by atoms with van der Waals surface area (Å²) in [5.74, 6) is 0.249. The van der Waals surface area contributed by atoms with E-state index in [0.717, 1.165) is 37.3 Å². The third-order valence-corrected chi connectivity index (χ3v) is 3.57. The Balaban J connectivity index is 1.79. The summed E-state index contributed by atoms with van der Waals surface area (Å²) in [7, 11) is 0. The molecule has 1 amide bonds. The fourth-order valence-electron chi connectivity index (χ4n) is 2.43. The molecule has 0 aliphatic carbocycles. The number of carbonyl (C=O) groups is 1. The van der Waals surface area contributed by atoms with Crippen LogP contribution in [0, 0.1) is 6.92 Å². The summed E-state index contributed by atoms with van der Waals surface area (Å²) in [6.07, 6.45) is 4.07. The lowest BCUT2D eigenvalue weighted by Gasteiger charge is -2.26. The predicted molar refractivity (Wildman–Crippen MR) is 79.1 cm³/mol. The predicted octanol–water partition coefficient (Wildman–Crippen LogP) is 2.39. The molecular weight excluding hydrogens is 238 g/mol. The molecular formula is C15H23N3O. The molecule has 19 heavy (non-hydrogen) atoms. The van der Waals surface area contributed by atoms with Crippen LogP contribution in [0.4, 0.5) is 11.4 Å². The molecule has 4 heteroatoms. The number of benzene rings is 1. The van der Waals surface area contributed by atoms with E-state index in [1.165, 1.54) is 12.0 Å². The van der Waals surface area contributed by atoms with Crippen molar-refractivity contribution in [3.05, 3.63) is 23.8 Å². The van der Waals surface area contributed by atoms with Gasteiger partial charge in [-0.05, 0) is 43.9 Å². The first-order valence-electron chi connectivity index (χ1n) is 7.04. The fraction of sp³-hybridized carbons (Fsp3) is 0.533. The van der Waals surface area contributed by atoms with Crippen molar-refractivity contribution in [2.75, 3.05) is 30.7 Å². The number of hydrogen-bond acceptors (Lipinski definition) is 3.